The zero-order valence-electron chi connectivity index (χ0n) is 10.0. The van der Waals surface area contributed by atoms with Crippen LogP contribution >= 0.6 is 0 Å². The van der Waals surface area contributed by atoms with Gasteiger partial charge in [0, 0.05) is 18.1 Å². The van der Waals surface area contributed by atoms with Crippen molar-refractivity contribution in [3.63, 3.8) is 0 Å². The molecule has 4 heteroatoms. The molecule has 88 valence electrons. The molecule has 1 heterocycles. The van der Waals surface area contributed by atoms with Crippen LogP contribution in [0.2, 0.25) is 0 Å². The lowest BCUT2D eigenvalue weighted by Crippen LogP contribution is -2.04. The number of aryl methyl sites for hydroxylation is 2. The highest BCUT2D eigenvalue weighted by atomic mass is 16.4. The first-order chi connectivity index (χ1) is 8.04. The van der Waals surface area contributed by atoms with Crippen molar-refractivity contribution in [1.29, 1.82) is 0 Å². The third kappa shape index (κ3) is 1.82. The first-order valence-corrected chi connectivity index (χ1v) is 5.36. The molecule has 0 fully saturated rings. The second kappa shape index (κ2) is 4.05. The van der Waals surface area contributed by atoms with Gasteiger partial charge in [0.25, 0.3) is 0 Å². The fourth-order valence-corrected chi connectivity index (χ4v) is 1.95. The van der Waals surface area contributed by atoms with E-state index in [-0.39, 0.29) is 5.69 Å². The lowest BCUT2D eigenvalue weighted by atomic mass is 10.0. The Bertz CT molecular complexity index is 606. The summed E-state index contributed by atoms with van der Waals surface area (Å²) in [4.78, 5) is 15.2. The largest absolute Gasteiger partial charge is 0.477 e. The Morgan fingerprint density at radius 2 is 1.94 bits per heavy atom. The lowest BCUT2D eigenvalue weighted by Gasteiger charge is -2.11. The summed E-state index contributed by atoms with van der Waals surface area (Å²) in [5.41, 5.74) is 3.67. The van der Waals surface area contributed by atoms with Crippen LogP contribution in [0.25, 0.3) is 10.9 Å². The molecule has 0 saturated carbocycles. The van der Waals surface area contributed by atoms with E-state index in [1.54, 1.807) is 13.1 Å². The molecular formula is C13H14N2O2. The number of nitrogens with one attached hydrogen (secondary N) is 1. The second-order valence-electron chi connectivity index (χ2n) is 4.03. The number of carbonyl (C=O) groups is 1. The molecule has 1 aromatic heterocycles. The summed E-state index contributed by atoms with van der Waals surface area (Å²) in [6.07, 6.45) is 0. The first-order valence-electron chi connectivity index (χ1n) is 5.36. The van der Waals surface area contributed by atoms with Gasteiger partial charge in [-0.05, 0) is 31.0 Å². The van der Waals surface area contributed by atoms with Gasteiger partial charge in [-0.1, -0.05) is 12.1 Å². The number of aromatic nitrogens is 1. The quantitative estimate of drug-likeness (QED) is 0.832. The van der Waals surface area contributed by atoms with Crippen LogP contribution in [-0.2, 0) is 0 Å². The number of hydrogen-bond donors (Lipinski definition) is 2. The van der Waals surface area contributed by atoms with Crippen LogP contribution in [0.3, 0.4) is 0 Å². The molecule has 0 spiro atoms. The van der Waals surface area contributed by atoms with E-state index in [9.17, 15) is 4.79 Å². The highest BCUT2D eigenvalue weighted by Crippen LogP contribution is 2.28. The Hall–Kier alpha value is -2.10. The van der Waals surface area contributed by atoms with Crippen LogP contribution < -0.4 is 5.32 Å². The molecule has 0 aliphatic rings. The number of pyridine rings is 1. The molecule has 0 bridgehead atoms. The summed E-state index contributed by atoms with van der Waals surface area (Å²) >= 11 is 0. The normalized spacial score (nSPS) is 10.5. The molecule has 0 unspecified atom stereocenters. The van der Waals surface area contributed by atoms with Crippen molar-refractivity contribution in [2.45, 2.75) is 13.8 Å². The Kier molecular flexibility index (Phi) is 2.71. The highest BCUT2D eigenvalue weighted by Gasteiger charge is 2.12. The number of nitrogens with zero attached hydrogens (tertiary/aromatic N) is 1. The summed E-state index contributed by atoms with van der Waals surface area (Å²) in [6, 6.07) is 5.54. The zero-order chi connectivity index (χ0) is 12.6. The number of hydrogen-bond acceptors (Lipinski definition) is 3. The molecule has 2 rings (SSSR count). The van der Waals surface area contributed by atoms with Crippen molar-refractivity contribution in [3.05, 3.63) is 35.0 Å². The van der Waals surface area contributed by atoms with Gasteiger partial charge in [0.1, 0.15) is 0 Å². The molecule has 0 aliphatic heterocycles. The lowest BCUT2D eigenvalue weighted by molar-refractivity contribution is 0.0691. The zero-order valence-corrected chi connectivity index (χ0v) is 10.0. The van der Waals surface area contributed by atoms with Crippen molar-refractivity contribution in [3.8, 4) is 0 Å². The van der Waals surface area contributed by atoms with E-state index in [1.807, 2.05) is 26.0 Å². The van der Waals surface area contributed by atoms with Gasteiger partial charge >= 0.3 is 5.97 Å². The molecule has 0 atom stereocenters. The molecule has 2 aromatic rings. The maximum Gasteiger partial charge on any atom is 0.354 e. The Morgan fingerprint density at radius 3 is 2.53 bits per heavy atom. The number of benzene rings is 1. The molecule has 0 saturated heterocycles. The molecule has 0 radical (unpaired) electrons. The third-order valence-corrected chi connectivity index (χ3v) is 2.86. The number of carboxylic acids is 1. The van der Waals surface area contributed by atoms with E-state index in [0.717, 1.165) is 27.7 Å². The molecule has 1 aromatic carbocycles. The highest BCUT2D eigenvalue weighted by molar-refractivity contribution is 5.99. The van der Waals surface area contributed by atoms with Crippen LogP contribution in [0.1, 0.15) is 21.6 Å². The van der Waals surface area contributed by atoms with Gasteiger partial charge in [0.05, 0.1) is 5.52 Å². The number of fused-ring (bicyclic) bond motifs is 1. The van der Waals surface area contributed by atoms with Gasteiger partial charge in [-0.3, -0.25) is 0 Å². The Balaban J connectivity index is 2.91. The van der Waals surface area contributed by atoms with Gasteiger partial charge in [-0.25, -0.2) is 9.78 Å². The number of anilines is 1. The molecule has 2 N–H and O–H groups in total. The van der Waals surface area contributed by atoms with E-state index >= 15 is 0 Å². The maximum atomic E-state index is 11.0. The van der Waals surface area contributed by atoms with Crippen LogP contribution in [0, 0.1) is 13.8 Å². The smallest absolute Gasteiger partial charge is 0.354 e. The monoisotopic (exact) mass is 230 g/mol. The minimum atomic E-state index is -1.01. The maximum absolute atomic E-state index is 11.0. The first kappa shape index (κ1) is 11.4. The van der Waals surface area contributed by atoms with E-state index in [4.69, 9.17) is 5.11 Å². The fraction of sp³-hybridized carbons (Fsp3) is 0.231. The predicted octanol–water partition coefficient (Wildman–Crippen LogP) is 2.59. The van der Waals surface area contributed by atoms with Crippen molar-refractivity contribution >= 4 is 22.6 Å². The van der Waals surface area contributed by atoms with Gasteiger partial charge in [-0.2, -0.15) is 0 Å². The van der Waals surface area contributed by atoms with E-state index in [2.05, 4.69) is 10.3 Å². The number of rotatable bonds is 2. The summed E-state index contributed by atoms with van der Waals surface area (Å²) in [5.74, 6) is -1.01. The van der Waals surface area contributed by atoms with Crippen LogP contribution in [0.15, 0.2) is 18.2 Å². The SMILES string of the molecule is CNc1cc(C(=O)O)nc2c(C)ccc(C)c12. The molecule has 4 nitrogen and oxygen atoms in total. The Morgan fingerprint density at radius 1 is 1.29 bits per heavy atom. The summed E-state index contributed by atoms with van der Waals surface area (Å²) in [5, 5.41) is 13.0. The van der Waals surface area contributed by atoms with Crippen molar-refractivity contribution in [2.75, 3.05) is 12.4 Å². The van der Waals surface area contributed by atoms with Crippen LogP contribution in [0.5, 0.6) is 0 Å². The minimum Gasteiger partial charge on any atom is -0.477 e. The predicted molar refractivity (Wildman–Crippen MR) is 67.7 cm³/mol. The van der Waals surface area contributed by atoms with Gasteiger partial charge < -0.3 is 10.4 Å². The standard InChI is InChI=1S/C13H14N2O2/c1-7-4-5-8(2)12-11(7)9(14-3)6-10(15-12)13(16)17/h4-6H,1-3H3,(H,14,15)(H,16,17). The van der Waals surface area contributed by atoms with Gasteiger partial charge in [0.2, 0.25) is 0 Å². The second-order valence-corrected chi connectivity index (χ2v) is 4.03. The molecule has 17 heavy (non-hydrogen) atoms. The average Bonchev–Trinajstić information content (AvgIpc) is 2.32. The fourth-order valence-electron chi connectivity index (χ4n) is 1.95. The van der Waals surface area contributed by atoms with Crippen molar-refractivity contribution in [2.24, 2.45) is 0 Å². The summed E-state index contributed by atoms with van der Waals surface area (Å²) < 4.78 is 0. The van der Waals surface area contributed by atoms with E-state index in [1.165, 1.54) is 0 Å². The van der Waals surface area contributed by atoms with Crippen molar-refractivity contribution < 1.29 is 9.90 Å². The van der Waals surface area contributed by atoms with Crippen LogP contribution in [0.4, 0.5) is 5.69 Å². The minimum absolute atomic E-state index is 0.0653. The summed E-state index contributed by atoms with van der Waals surface area (Å²) in [6.45, 7) is 3.92. The van der Waals surface area contributed by atoms with Crippen LogP contribution in [-0.4, -0.2) is 23.1 Å². The van der Waals surface area contributed by atoms with Crippen molar-refractivity contribution in [1.82, 2.24) is 4.98 Å². The Labute approximate surface area is 99.3 Å². The summed E-state index contributed by atoms with van der Waals surface area (Å²) in [7, 11) is 1.78. The van der Waals surface area contributed by atoms with E-state index in [0.29, 0.717) is 0 Å². The number of aromatic carboxylic acids is 1. The topological polar surface area (TPSA) is 62.2 Å². The molecule has 0 amide bonds. The third-order valence-electron chi connectivity index (χ3n) is 2.86. The molecular weight excluding hydrogens is 216 g/mol. The van der Waals surface area contributed by atoms with Gasteiger partial charge in [-0.15, -0.1) is 0 Å². The average molecular weight is 230 g/mol. The van der Waals surface area contributed by atoms with E-state index < -0.39 is 5.97 Å². The number of carboxylic acid groups (broad SMARTS) is 1. The molecule has 0 aliphatic carbocycles. The van der Waals surface area contributed by atoms with Gasteiger partial charge in [0.15, 0.2) is 5.69 Å².